The van der Waals surface area contributed by atoms with Crippen LogP contribution in [0.3, 0.4) is 0 Å². The molecule has 3 aromatic rings. The molecule has 0 unspecified atom stereocenters. The first-order valence-corrected chi connectivity index (χ1v) is 23.0. The van der Waals surface area contributed by atoms with Gasteiger partial charge in [0, 0.05) is 31.4 Å². The highest BCUT2D eigenvalue weighted by molar-refractivity contribution is 7.80. The van der Waals surface area contributed by atoms with Gasteiger partial charge in [-0.25, -0.2) is 4.79 Å². The lowest BCUT2D eigenvalue weighted by Crippen LogP contribution is -2.61. The summed E-state index contributed by atoms with van der Waals surface area (Å²) in [6.45, 7) is 1.07. The van der Waals surface area contributed by atoms with Crippen LogP contribution in [0.15, 0.2) is 84.9 Å². The molecule has 0 aliphatic heterocycles. The van der Waals surface area contributed by atoms with Gasteiger partial charge in [-0.15, -0.1) is 0 Å². The molecule has 0 saturated heterocycles. The quantitative estimate of drug-likeness (QED) is 0.0402. The largest absolute Gasteiger partial charge is 0.508 e. The fourth-order valence-corrected chi connectivity index (χ4v) is 8.36. The Balaban J connectivity index is 1.79. The highest BCUT2D eigenvalue weighted by Crippen LogP contribution is 2.30. The zero-order valence-electron chi connectivity index (χ0n) is 37.8. The second-order valence-electron chi connectivity index (χ2n) is 16.8. The third-order valence-corrected chi connectivity index (χ3v) is 11.9. The number of rotatable bonds is 26. The van der Waals surface area contributed by atoms with Crippen molar-refractivity contribution in [3.05, 3.63) is 102 Å². The number of benzene rings is 3. The minimum absolute atomic E-state index is 0.0594. The van der Waals surface area contributed by atoms with Crippen LogP contribution in [0.5, 0.6) is 5.75 Å². The first-order valence-electron chi connectivity index (χ1n) is 22.3. The molecular formula is C48H58N6O14S. The normalized spacial score (nSPS) is 15.1. The van der Waals surface area contributed by atoms with Crippen molar-refractivity contribution < 1.29 is 68.4 Å². The van der Waals surface area contributed by atoms with Crippen LogP contribution >= 0.6 is 12.6 Å². The number of ketones is 1. The van der Waals surface area contributed by atoms with Gasteiger partial charge in [0.2, 0.25) is 35.4 Å². The van der Waals surface area contributed by atoms with Gasteiger partial charge in [0.15, 0.2) is 0 Å². The van der Waals surface area contributed by atoms with Crippen LogP contribution in [0.1, 0.15) is 87.3 Å². The monoisotopic (exact) mass is 974 g/mol. The Hall–Kier alpha value is -7.29. The third-order valence-electron chi connectivity index (χ3n) is 11.5. The molecule has 21 heteroatoms. The number of phenols is 1. The van der Waals surface area contributed by atoms with Crippen LogP contribution in [-0.4, -0.2) is 122 Å². The Kier molecular flexibility index (Phi) is 21.2. The average molecular weight is 975 g/mol. The van der Waals surface area contributed by atoms with E-state index < -0.39 is 121 Å². The molecule has 1 fully saturated rings. The molecule has 0 spiro atoms. The highest BCUT2D eigenvalue weighted by atomic mass is 32.1. The molecule has 69 heavy (non-hydrogen) atoms. The van der Waals surface area contributed by atoms with Crippen molar-refractivity contribution >= 4 is 71.8 Å². The van der Waals surface area contributed by atoms with Gasteiger partial charge >= 0.3 is 17.9 Å². The fourth-order valence-electron chi connectivity index (χ4n) is 8.10. The molecule has 0 radical (unpaired) electrons. The van der Waals surface area contributed by atoms with E-state index in [-0.39, 0.29) is 30.3 Å². The minimum atomic E-state index is -1.81. The lowest BCUT2D eigenvalue weighted by molar-refractivity contribution is -0.150. The van der Waals surface area contributed by atoms with E-state index in [0.717, 1.165) is 26.2 Å². The molecule has 4 rings (SSSR count). The molecule has 1 aliphatic carbocycles. The van der Waals surface area contributed by atoms with Gasteiger partial charge in [-0.3, -0.25) is 43.2 Å². The van der Waals surface area contributed by atoms with Crippen molar-refractivity contribution in [2.24, 2.45) is 5.92 Å². The third kappa shape index (κ3) is 17.4. The Bertz CT molecular complexity index is 2240. The van der Waals surface area contributed by atoms with Gasteiger partial charge in [-0.2, -0.15) is 12.6 Å². The molecule has 0 bridgehead atoms. The molecule has 6 atom stereocenters. The van der Waals surface area contributed by atoms with Crippen molar-refractivity contribution in [2.45, 2.75) is 113 Å². The SMILES string of the molecule is CC(=O)N[C@@H](CC(=O)O)C(=O)N[C@H](Cc1ccc(O)cc1)C(=O)N[C@H](C(=O)N[C@@H](CCC(=O)O)C(=O)N[C@@H](CC1CCCCC1)C(=O)N[C@@H](CS)C(=O)C(=O)O)C(c1ccccc1)c1ccccc1. The summed E-state index contributed by atoms with van der Waals surface area (Å²) in [5.41, 5.74) is 1.37. The van der Waals surface area contributed by atoms with Gasteiger partial charge in [-0.1, -0.05) is 105 Å². The second kappa shape index (κ2) is 26.9. The lowest BCUT2D eigenvalue weighted by atomic mass is 9.84. The molecule has 0 aromatic heterocycles. The molecule has 20 nitrogen and oxygen atoms in total. The summed E-state index contributed by atoms with van der Waals surface area (Å²) in [5.74, 6) is -13.3. The van der Waals surface area contributed by atoms with E-state index >= 15 is 4.79 Å². The number of carbonyl (C=O) groups excluding carboxylic acids is 7. The number of carboxylic acid groups (broad SMARTS) is 3. The number of carbonyl (C=O) groups is 10. The van der Waals surface area contributed by atoms with Crippen molar-refractivity contribution in [2.75, 3.05) is 5.75 Å². The Labute approximate surface area is 403 Å². The maximum absolute atomic E-state index is 15.0. The van der Waals surface area contributed by atoms with Gasteiger partial charge < -0.3 is 52.3 Å². The summed E-state index contributed by atoms with van der Waals surface area (Å²) in [5, 5.41) is 53.6. The number of Topliss-reactive ketones (excluding diaryl/α,β-unsaturated/α-hetero) is 1. The molecular weight excluding hydrogens is 917 g/mol. The number of hydrogen-bond donors (Lipinski definition) is 11. The summed E-state index contributed by atoms with van der Waals surface area (Å²) < 4.78 is 0. The fraction of sp³-hybridized carbons (Fsp3) is 0.417. The molecule has 3 aromatic carbocycles. The van der Waals surface area contributed by atoms with Crippen LogP contribution in [0.4, 0.5) is 0 Å². The molecule has 0 heterocycles. The molecule has 1 aliphatic rings. The minimum Gasteiger partial charge on any atom is -0.508 e. The smallest absolute Gasteiger partial charge is 0.374 e. The topological polar surface area (TPSA) is 324 Å². The number of aromatic hydroxyl groups is 1. The molecule has 10 N–H and O–H groups in total. The number of carboxylic acids is 3. The summed E-state index contributed by atoms with van der Waals surface area (Å²) >= 11 is 4.03. The number of phenolic OH excluding ortho intramolecular Hbond substituents is 1. The van der Waals surface area contributed by atoms with Gasteiger partial charge in [-0.05, 0) is 47.6 Å². The van der Waals surface area contributed by atoms with Crippen LogP contribution in [-0.2, 0) is 54.4 Å². The molecule has 370 valence electrons. The number of nitrogens with one attached hydrogen (secondary N) is 6. The van der Waals surface area contributed by atoms with Gasteiger partial charge in [0.05, 0.1) is 6.42 Å². The summed E-state index contributed by atoms with van der Waals surface area (Å²) in [6.07, 6.45) is 1.79. The van der Waals surface area contributed by atoms with E-state index in [9.17, 15) is 63.6 Å². The van der Waals surface area contributed by atoms with E-state index in [4.69, 9.17) is 0 Å². The Morgan fingerprint density at radius 2 is 1.09 bits per heavy atom. The number of amides is 6. The first kappa shape index (κ1) is 54.3. The van der Waals surface area contributed by atoms with E-state index in [1.165, 1.54) is 24.3 Å². The van der Waals surface area contributed by atoms with Crippen molar-refractivity contribution in [1.82, 2.24) is 31.9 Å². The van der Waals surface area contributed by atoms with Crippen LogP contribution in [0.2, 0.25) is 0 Å². The maximum atomic E-state index is 15.0. The van der Waals surface area contributed by atoms with Crippen molar-refractivity contribution in [1.29, 1.82) is 0 Å². The van der Waals surface area contributed by atoms with Crippen LogP contribution in [0, 0.1) is 5.92 Å². The van der Waals surface area contributed by atoms with E-state index in [1.807, 2.05) is 0 Å². The van der Waals surface area contributed by atoms with E-state index in [2.05, 4.69) is 44.5 Å². The Morgan fingerprint density at radius 3 is 1.61 bits per heavy atom. The van der Waals surface area contributed by atoms with Crippen molar-refractivity contribution in [3.63, 3.8) is 0 Å². The maximum Gasteiger partial charge on any atom is 0.374 e. The van der Waals surface area contributed by atoms with E-state index in [0.29, 0.717) is 29.5 Å². The van der Waals surface area contributed by atoms with Gasteiger partial charge in [0.25, 0.3) is 5.78 Å². The number of thiol groups is 1. The number of aliphatic carboxylic acids is 3. The zero-order chi connectivity index (χ0) is 50.6. The summed E-state index contributed by atoms with van der Waals surface area (Å²) in [6, 6.07) is 13.0. The standard InChI is InChI=1S/C48H58N6O14S/c1-27(55)49-36(25-39(59)60)45(64)52-35(24-29-17-19-32(56)20-18-29)46(65)54-41(40(30-13-7-3-8-14-30)31-15-9-4-10-16-31)47(66)50-33(21-22-38(57)58)43(62)51-34(23-28-11-5-2-6-12-28)44(63)53-37(26-69)42(61)48(67)68/h3-4,7-10,13-20,28,33-37,40-41,56,69H,2,5-6,11-12,21-26H2,1H3,(H,49,55)(H,50,66)(H,51,62)(H,52,64)(H,53,63)(H,54,65)(H,57,58)(H,59,60)(H,67,68)/t33-,34-,35+,36-,37-,41-/m0/s1. The Morgan fingerprint density at radius 1 is 0.580 bits per heavy atom. The van der Waals surface area contributed by atoms with Crippen LogP contribution < -0.4 is 31.9 Å². The lowest BCUT2D eigenvalue weighted by Gasteiger charge is -2.32. The predicted molar refractivity (Wildman–Crippen MR) is 251 cm³/mol. The predicted octanol–water partition coefficient (Wildman–Crippen LogP) is 1.59. The van der Waals surface area contributed by atoms with Gasteiger partial charge in [0.1, 0.15) is 42.0 Å². The summed E-state index contributed by atoms with van der Waals surface area (Å²) in [7, 11) is 0. The second-order valence-corrected chi connectivity index (χ2v) is 17.1. The average Bonchev–Trinajstić information content (AvgIpc) is 3.32. The van der Waals surface area contributed by atoms with Crippen molar-refractivity contribution in [3.8, 4) is 5.75 Å². The zero-order valence-corrected chi connectivity index (χ0v) is 38.7. The van der Waals surface area contributed by atoms with Crippen LogP contribution in [0.25, 0.3) is 0 Å². The summed E-state index contributed by atoms with van der Waals surface area (Å²) in [4.78, 5) is 131. The first-order chi connectivity index (χ1) is 32.9. The molecule has 1 saturated carbocycles. The molecule has 6 amide bonds. The van der Waals surface area contributed by atoms with E-state index in [1.54, 1.807) is 60.7 Å². The number of hydrogen-bond acceptors (Lipinski definition) is 12. The highest BCUT2D eigenvalue weighted by Gasteiger charge is 2.39.